The van der Waals surface area contributed by atoms with Gasteiger partial charge in [-0.3, -0.25) is 13.9 Å². The van der Waals surface area contributed by atoms with Crippen LogP contribution < -0.4 is 14.4 Å². The van der Waals surface area contributed by atoms with Gasteiger partial charge in [0.25, 0.3) is 10.0 Å². The molecule has 0 spiro atoms. The highest BCUT2D eigenvalue weighted by Gasteiger charge is 2.34. The molecule has 1 atom stereocenters. The van der Waals surface area contributed by atoms with E-state index in [9.17, 15) is 18.0 Å². The molecule has 8 nitrogen and oxygen atoms in total. The van der Waals surface area contributed by atoms with Gasteiger partial charge in [0.05, 0.1) is 22.2 Å². The maximum absolute atomic E-state index is 14.2. The van der Waals surface area contributed by atoms with Gasteiger partial charge in [0.1, 0.15) is 18.3 Å². The van der Waals surface area contributed by atoms with Gasteiger partial charge < -0.3 is 15.0 Å². The molecule has 1 N–H and O–H groups in total. The largest absolute Gasteiger partial charge is 0.496 e. The Labute approximate surface area is 262 Å². The molecule has 0 aliphatic carbocycles. The highest BCUT2D eigenvalue weighted by Crippen LogP contribution is 2.31. The van der Waals surface area contributed by atoms with Crippen LogP contribution >= 0.6 is 27.5 Å². The fourth-order valence-electron chi connectivity index (χ4n) is 4.33. The monoisotopic (exact) mass is 677 g/mol. The highest BCUT2D eigenvalue weighted by atomic mass is 79.9. The number of rotatable bonds is 13. The maximum atomic E-state index is 14.2. The lowest BCUT2D eigenvalue weighted by molar-refractivity contribution is -0.140. The number of hydrogen-bond donors (Lipinski definition) is 1. The predicted molar refractivity (Wildman–Crippen MR) is 170 cm³/mol. The van der Waals surface area contributed by atoms with Crippen LogP contribution in [0.3, 0.4) is 0 Å². The van der Waals surface area contributed by atoms with Crippen molar-refractivity contribution in [3.63, 3.8) is 0 Å². The summed E-state index contributed by atoms with van der Waals surface area (Å²) in [5, 5.41) is 3.36. The zero-order valence-electron chi connectivity index (χ0n) is 24.4. The number of sulfonamides is 1. The number of carbonyl (C=O) groups excluding carboxylic acids is 2. The first-order valence-corrected chi connectivity index (χ1v) is 16.2. The van der Waals surface area contributed by atoms with E-state index in [1.165, 1.54) is 24.1 Å². The normalized spacial score (nSPS) is 12.1. The zero-order chi connectivity index (χ0) is 31.0. The molecule has 0 aliphatic heterocycles. The van der Waals surface area contributed by atoms with Crippen molar-refractivity contribution in [3.8, 4) is 5.75 Å². The number of anilines is 1. The number of amides is 2. The first-order valence-electron chi connectivity index (χ1n) is 13.6. The molecule has 0 saturated heterocycles. The second kappa shape index (κ2) is 14.9. The average Bonchev–Trinajstić information content (AvgIpc) is 2.96. The molecule has 3 aromatic carbocycles. The van der Waals surface area contributed by atoms with Crippen molar-refractivity contribution in [2.75, 3.05) is 24.5 Å². The Hall–Kier alpha value is -3.08. The minimum absolute atomic E-state index is 0.0251. The summed E-state index contributed by atoms with van der Waals surface area (Å²) in [5.41, 5.74) is 1.89. The van der Waals surface area contributed by atoms with Crippen LogP contribution in [0, 0.1) is 12.8 Å². The molecule has 0 heterocycles. The molecule has 42 heavy (non-hydrogen) atoms. The van der Waals surface area contributed by atoms with Crippen molar-refractivity contribution in [3.05, 3.63) is 87.4 Å². The van der Waals surface area contributed by atoms with Crippen LogP contribution in [-0.2, 0) is 26.2 Å². The highest BCUT2D eigenvalue weighted by molar-refractivity contribution is 9.10. The average molecular weight is 679 g/mol. The van der Waals surface area contributed by atoms with E-state index >= 15 is 0 Å². The third-order valence-electron chi connectivity index (χ3n) is 6.68. The van der Waals surface area contributed by atoms with Gasteiger partial charge in [-0.05, 0) is 77.2 Å². The van der Waals surface area contributed by atoms with E-state index < -0.39 is 28.5 Å². The standard InChI is InChI=1S/C31H37BrClN3O5S/c1-6-28(31(38)34-18-21(2)3)35(19-23-9-7-8-10-27(23)33)30(37)20-36(24-13-11-22(4)12-14-24)42(39,40)25-15-16-29(41-5)26(32)17-25/h7-17,21,28H,6,18-20H2,1-5H3,(H,34,38). The van der Waals surface area contributed by atoms with E-state index in [0.717, 1.165) is 9.87 Å². The van der Waals surface area contributed by atoms with Crippen molar-refractivity contribution in [2.24, 2.45) is 5.92 Å². The summed E-state index contributed by atoms with van der Waals surface area (Å²) >= 11 is 9.81. The first kappa shape index (κ1) is 33.4. The van der Waals surface area contributed by atoms with Gasteiger partial charge >= 0.3 is 0 Å². The van der Waals surface area contributed by atoms with Crippen molar-refractivity contribution in [1.29, 1.82) is 0 Å². The molecule has 0 aromatic heterocycles. The summed E-state index contributed by atoms with van der Waals surface area (Å²) in [6.07, 6.45) is 0.322. The number of nitrogens with one attached hydrogen (secondary N) is 1. The zero-order valence-corrected chi connectivity index (χ0v) is 27.6. The molecular formula is C31H37BrClN3O5S. The molecule has 0 bridgehead atoms. The second-order valence-corrected chi connectivity index (χ2v) is 13.4. The Morgan fingerprint density at radius 3 is 2.29 bits per heavy atom. The molecule has 1 unspecified atom stereocenters. The van der Waals surface area contributed by atoms with Crippen LogP contribution in [0.4, 0.5) is 5.69 Å². The van der Waals surface area contributed by atoms with Gasteiger partial charge in [0.2, 0.25) is 11.8 Å². The summed E-state index contributed by atoms with van der Waals surface area (Å²) < 4.78 is 35.0. The summed E-state index contributed by atoms with van der Waals surface area (Å²) in [6.45, 7) is 7.61. The van der Waals surface area contributed by atoms with Gasteiger partial charge in [0.15, 0.2) is 0 Å². The number of ether oxygens (including phenoxy) is 1. The van der Waals surface area contributed by atoms with Gasteiger partial charge in [-0.25, -0.2) is 8.42 Å². The first-order chi connectivity index (χ1) is 19.9. The number of aryl methyl sites for hydroxylation is 1. The van der Waals surface area contributed by atoms with Gasteiger partial charge in [0, 0.05) is 18.1 Å². The van der Waals surface area contributed by atoms with Gasteiger partial charge in [-0.15, -0.1) is 0 Å². The van der Waals surface area contributed by atoms with Crippen LogP contribution in [0.2, 0.25) is 5.02 Å². The topological polar surface area (TPSA) is 96.0 Å². The molecule has 0 saturated carbocycles. The Morgan fingerprint density at radius 1 is 1.05 bits per heavy atom. The number of hydrogen-bond acceptors (Lipinski definition) is 5. The number of carbonyl (C=O) groups is 2. The number of nitrogens with zero attached hydrogens (tertiary/aromatic N) is 2. The van der Waals surface area contributed by atoms with E-state index in [-0.39, 0.29) is 23.3 Å². The Morgan fingerprint density at radius 2 is 1.71 bits per heavy atom. The quantitative estimate of drug-likeness (QED) is 0.233. The van der Waals surface area contributed by atoms with Gasteiger partial charge in [-0.2, -0.15) is 0 Å². The molecule has 3 aromatic rings. The molecule has 226 valence electrons. The van der Waals surface area contributed by atoms with Crippen LogP contribution in [0.1, 0.15) is 38.3 Å². The summed E-state index contributed by atoms with van der Waals surface area (Å²) in [5.74, 6) is -0.171. The van der Waals surface area contributed by atoms with Crippen LogP contribution in [-0.4, -0.2) is 51.4 Å². The van der Waals surface area contributed by atoms with Crippen LogP contribution in [0.15, 0.2) is 76.1 Å². The Bertz CT molecular complexity index is 1500. The van der Waals surface area contributed by atoms with Crippen molar-refractivity contribution in [2.45, 2.75) is 51.6 Å². The fraction of sp³-hybridized carbons (Fsp3) is 0.355. The van der Waals surface area contributed by atoms with Crippen molar-refractivity contribution >= 4 is 55.1 Å². The second-order valence-electron chi connectivity index (χ2n) is 10.3. The molecule has 0 fully saturated rings. The summed E-state index contributed by atoms with van der Waals surface area (Å²) in [7, 11) is -2.74. The number of methoxy groups -OCH3 is 1. The van der Waals surface area contributed by atoms with E-state index in [2.05, 4.69) is 21.2 Å². The van der Waals surface area contributed by atoms with E-state index in [1.54, 1.807) is 54.6 Å². The molecule has 3 rings (SSSR count). The lowest BCUT2D eigenvalue weighted by Gasteiger charge is -2.33. The number of halogens is 2. The smallest absolute Gasteiger partial charge is 0.264 e. The molecule has 0 aliphatic rings. The third-order valence-corrected chi connectivity index (χ3v) is 9.44. The summed E-state index contributed by atoms with van der Waals surface area (Å²) in [6, 6.07) is 17.5. The van der Waals surface area contributed by atoms with Crippen molar-refractivity contribution in [1.82, 2.24) is 10.2 Å². The van der Waals surface area contributed by atoms with Crippen LogP contribution in [0.25, 0.3) is 0 Å². The molecular weight excluding hydrogens is 642 g/mol. The van der Waals surface area contributed by atoms with E-state index in [1.807, 2.05) is 27.7 Å². The lowest BCUT2D eigenvalue weighted by Crippen LogP contribution is -2.52. The van der Waals surface area contributed by atoms with E-state index in [0.29, 0.717) is 39.5 Å². The van der Waals surface area contributed by atoms with Gasteiger partial charge in [-0.1, -0.05) is 68.3 Å². The number of benzene rings is 3. The van der Waals surface area contributed by atoms with Crippen LogP contribution in [0.5, 0.6) is 5.75 Å². The third kappa shape index (κ3) is 8.26. The SMILES string of the molecule is CCC(C(=O)NCC(C)C)N(Cc1ccccc1Cl)C(=O)CN(c1ccc(C)cc1)S(=O)(=O)c1ccc(OC)c(Br)c1. The Balaban J connectivity index is 2.08. The van der Waals surface area contributed by atoms with E-state index in [4.69, 9.17) is 16.3 Å². The minimum Gasteiger partial charge on any atom is -0.496 e. The van der Waals surface area contributed by atoms with Crippen molar-refractivity contribution < 1.29 is 22.7 Å². The molecule has 11 heteroatoms. The minimum atomic E-state index is -4.22. The Kier molecular flexibility index (Phi) is 11.8. The summed E-state index contributed by atoms with van der Waals surface area (Å²) in [4.78, 5) is 28.9. The lowest BCUT2D eigenvalue weighted by atomic mass is 10.1. The molecule has 2 amide bonds. The predicted octanol–water partition coefficient (Wildman–Crippen LogP) is 6.19. The maximum Gasteiger partial charge on any atom is 0.264 e. The fourth-order valence-corrected chi connectivity index (χ4v) is 6.66. The molecule has 0 radical (unpaired) electrons.